The molecule has 67 heavy (non-hydrogen) atoms. The topological polar surface area (TPSA) is 17.1 Å². The van der Waals surface area contributed by atoms with Crippen molar-refractivity contribution < 1.29 is 4.79 Å². The zero-order valence-corrected chi connectivity index (χ0v) is 39.8. The summed E-state index contributed by atoms with van der Waals surface area (Å²) in [6.07, 6.45) is 1.00. The Labute approximate surface area is 399 Å². The van der Waals surface area contributed by atoms with E-state index in [2.05, 4.69) is 252 Å². The van der Waals surface area contributed by atoms with Gasteiger partial charge < -0.3 is 0 Å². The molecule has 0 N–H and O–H groups in total. The first-order valence-electron chi connectivity index (χ1n) is 23.8. The highest BCUT2D eigenvalue weighted by molar-refractivity contribution is 7.66. The van der Waals surface area contributed by atoms with Gasteiger partial charge in [-0.15, -0.1) is 0 Å². The van der Waals surface area contributed by atoms with Gasteiger partial charge in [-0.25, -0.2) is 0 Å². The Kier molecular flexibility index (Phi) is 12.8. The molecule has 4 unspecified atom stereocenters. The van der Waals surface area contributed by atoms with E-state index in [9.17, 15) is 4.79 Å². The highest BCUT2D eigenvalue weighted by Crippen LogP contribution is 2.68. The van der Waals surface area contributed by atoms with Crippen LogP contribution in [0.3, 0.4) is 0 Å². The predicted molar refractivity (Wildman–Crippen MR) is 283 cm³/mol. The van der Waals surface area contributed by atoms with Crippen LogP contribution in [0.1, 0.15) is 103 Å². The van der Waals surface area contributed by atoms with Gasteiger partial charge in [-0.3, -0.25) is 4.79 Å². The van der Waals surface area contributed by atoms with Crippen LogP contribution in [0.2, 0.25) is 0 Å². The molecule has 0 spiro atoms. The van der Waals surface area contributed by atoms with E-state index >= 15 is 0 Å². The first-order valence-corrected chi connectivity index (χ1v) is 25.3. The Hall–Kier alpha value is -6.92. The number of Topliss-reactive ketones (excluding diaryl/α,β-unsaturated/α-hetero) is 1. The van der Waals surface area contributed by atoms with Gasteiger partial charge in [-0.05, 0) is 122 Å². The average molecular weight is 885 g/mol. The summed E-state index contributed by atoms with van der Waals surface area (Å²) in [6, 6.07) is 82.8. The van der Waals surface area contributed by atoms with Crippen LogP contribution in [-0.2, 0) is 4.79 Å². The molecular formula is C65H57OP. The number of carbonyl (C=O) groups is 1. The normalized spacial score (nSPS) is 16.9. The summed E-state index contributed by atoms with van der Waals surface area (Å²) in [5, 5.41) is 1.42. The first-order chi connectivity index (χ1) is 32.8. The Morgan fingerprint density at radius 2 is 0.672 bits per heavy atom. The summed E-state index contributed by atoms with van der Waals surface area (Å²) in [5.41, 5.74) is 20.2. The van der Waals surface area contributed by atoms with Crippen molar-refractivity contribution in [1.82, 2.24) is 0 Å². The van der Waals surface area contributed by atoms with Crippen molar-refractivity contribution in [3.05, 3.63) is 291 Å². The third-order valence-electron chi connectivity index (χ3n) is 14.2. The molecule has 0 bridgehead atoms. The second-order valence-electron chi connectivity index (χ2n) is 18.4. The molecule has 0 aliphatic carbocycles. The van der Waals surface area contributed by atoms with Gasteiger partial charge in [0, 0.05) is 36.0 Å². The second-order valence-corrected chi connectivity index (χ2v) is 21.0. The lowest BCUT2D eigenvalue weighted by atomic mass is 9.77. The number of ketones is 1. The Morgan fingerprint density at radius 1 is 0.358 bits per heavy atom. The molecule has 1 aliphatic rings. The summed E-state index contributed by atoms with van der Waals surface area (Å²) in [6.45, 7) is 9.13. The van der Waals surface area contributed by atoms with Crippen molar-refractivity contribution in [1.29, 1.82) is 0 Å². The predicted octanol–water partition coefficient (Wildman–Crippen LogP) is 16.6. The molecule has 10 rings (SSSR count). The van der Waals surface area contributed by atoms with E-state index < -0.39 is 7.92 Å². The molecule has 0 saturated carbocycles. The van der Waals surface area contributed by atoms with Crippen LogP contribution in [0.4, 0.5) is 0 Å². The lowest BCUT2D eigenvalue weighted by molar-refractivity contribution is -0.119. The Morgan fingerprint density at radius 3 is 1.03 bits per heavy atom. The van der Waals surface area contributed by atoms with Gasteiger partial charge >= 0.3 is 0 Å². The van der Waals surface area contributed by atoms with Crippen LogP contribution < -0.4 is 5.30 Å². The van der Waals surface area contributed by atoms with Crippen molar-refractivity contribution in [2.75, 3.05) is 0 Å². The first kappa shape index (κ1) is 43.9. The molecule has 4 atom stereocenters. The van der Waals surface area contributed by atoms with Gasteiger partial charge in [-0.1, -0.05) is 232 Å². The van der Waals surface area contributed by atoms with Crippen LogP contribution in [0.15, 0.2) is 224 Å². The molecule has 0 amide bonds. The van der Waals surface area contributed by atoms with Gasteiger partial charge in [0.15, 0.2) is 0 Å². The van der Waals surface area contributed by atoms with Crippen molar-refractivity contribution in [3.8, 4) is 22.3 Å². The minimum Gasteiger partial charge on any atom is -0.300 e. The molecule has 2 heteroatoms. The van der Waals surface area contributed by atoms with Crippen LogP contribution in [0.25, 0.3) is 22.3 Å². The number of hydrogen-bond acceptors (Lipinski definition) is 1. The number of rotatable bonds is 11. The van der Waals surface area contributed by atoms with E-state index in [1.165, 1.54) is 94.3 Å². The van der Waals surface area contributed by atoms with Gasteiger partial charge in [0.2, 0.25) is 0 Å². The molecule has 0 aromatic heterocycles. The maximum Gasteiger partial charge on any atom is 0.134 e. The van der Waals surface area contributed by atoms with Gasteiger partial charge in [0.25, 0.3) is 0 Å². The molecule has 9 aromatic carbocycles. The fourth-order valence-electron chi connectivity index (χ4n) is 11.1. The van der Waals surface area contributed by atoms with Crippen LogP contribution in [0.5, 0.6) is 0 Å². The fourth-order valence-corrected chi connectivity index (χ4v) is 14.9. The Balaban J connectivity index is 1.30. The average Bonchev–Trinajstić information content (AvgIpc) is 3.37. The minimum atomic E-state index is -1.13. The summed E-state index contributed by atoms with van der Waals surface area (Å²) in [4.78, 5) is 14.7. The van der Waals surface area contributed by atoms with E-state index in [1.807, 2.05) is 0 Å². The Bertz CT molecular complexity index is 2870. The number of aryl methyl sites for hydroxylation is 4. The molecule has 1 fully saturated rings. The maximum atomic E-state index is 14.7. The fraction of sp³-hybridized carbons (Fsp3) is 0.154. The molecule has 0 radical (unpaired) electrons. The molecule has 9 aromatic rings. The standard InChI is InChI=1S/C65H57OP/c1-44-20-17-21-45(2)61(44)63(54-28-13-7-14-29-54)57-32-19-33-58(64(55-30-15-8-16-31-55)62-46(3)22-18-23-47(62)4)65(57)67-59(52-38-34-50(35-39-52)48-24-9-5-10-25-48)42-56(66)43-60(67)53-40-36-51(37-41-53)49-26-11-6-12-27-49/h5-41,59-60,63-64H,42-43H2,1-4H3. The van der Waals surface area contributed by atoms with Gasteiger partial charge in [0.1, 0.15) is 5.78 Å². The molecular weight excluding hydrogens is 828 g/mol. The second kappa shape index (κ2) is 19.5. The summed E-state index contributed by atoms with van der Waals surface area (Å²) < 4.78 is 0. The zero-order chi connectivity index (χ0) is 45.9. The third-order valence-corrected chi connectivity index (χ3v) is 17.6. The zero-order valence-electron chi connectivity index (χ0n) is 38.9. The molecule has 328 valence electrons. The maximum absolute atomic E-state index is 14.7. The third kappa shape index (κ3) is 8.90. The van der Waals surface area contributed by atoms with E-state index in [4.69, 9.17) is 0 Å². The highest BCUT2D eigenvalue weighted by Gasteiger charge is 2.43. The van der Waals surface area contributed by atoms with Crippen molar-refractivity contribution in [2.45, 2.75) is 63.7 Å². The quantitative estimate of drug-likeness (QED) is 0.0934. The highest BCUT2D eigenvalue weighted by atomic mass is 31.1. The van der Waals surface area contributed by atoms with E-state index in [0.717, 1.165) is 0 Å². The van der Waals surface area contributed by atoms with Crippen LogP contribution in [0, 0.1) is 27.7 Å². The van der Waals surface area contributed by atoms with Crippen molar-refractivity contribution in [2.24, 2.45) is 0 Å². The SMILES string of the molecule is Cc1cccc(C)c1C(c1ccccc1)c1cccc(C(c2ccccc2)c2c(C)cccc2C)c1P1C(c2ccc(-c3ccccc3)cc2)CC(=O)CC1c1ccc(-c2ccccc2)cc1. The van der Waals surface area contributed by atoms with Crippen LogP contribution in [-0.4, -0.2) is 5.78 Å². The lowest BCUT2D eigenvalue weighted by Crippen LogP contribution is -2.30. The van der Waals surface area contributed by atoms with Crippen molar-refractivity contribution in [3.63, 3.8) is 0 Å². The molecule has 1 heterocycles. The summed E-state index contributed by atoms with van der Waals surface area (Å²) in [5.74, 6) is 0.235. The molecule has 1 aliphatic heterocycles. The van der Waals surface area contributed by atoms with Crippen molar-refractivity contribution >= 4 is 19.0 Å². The summed E-state index contributed by atoms with van der Waals surface area (Å²) in [7, 11) is -1.13. The molecule has 1 nitrogen and oxygen atoms in total. The smallest absolute Gasteiger partial charge is 0.134 e. The minimum absolute atomic E-state index is 0.0245. The van der Waals surface area contributed by atoms with Gasteiger partial charge in [-0.2, -0.15) is 0 Å². The van der Waals surface area contributed by atoms with E-state index in [-0.39, 0.29) is 23.2 Å². The van der Waals surface area contributed by atoms with E-state index in [0.29, 0.717) is 18.6 Å². The van der Waals surface area contributed by atoms with E-state index in [1.54, 1.807) is 0 Å². The number of carbonyl (C=O) groups excluding carboxylic acids is 1. The van der Waals surface area contributed by atoms with Gasteiger partial charge in [0.05, 0.1) is 0 Å². The molecule has 1 saturated heterocycles. The van der Waals surface area contributed by atoms with Crippen LogP contribution >= 0.6 is 7.92 Å². The number of benzene rings is 9. The number of hydrogen-bond donors (Lipinski definition) is 0. The summed E-state index contributed by atoms with van der Waals surface area (Å²) >= 11 is 0. The largest absolute Gasteiger partial charge is 0.300 e. The monoisotopic (exact) mass is 884 g/mol. The lowest BCUT2D eigenvalue weighted by Gasteiger charge is -2.43.